The first-order valence-corrected chi connectivity index (χ1v) is 6.32. The lowest BCUT2D eigenvalue weighted by atomic mass is 10.1. The summed E-state index contributed by atoms with van der Waals surface area (Å²) in [5.41, 5.74) is 0. The number of carbonyl (C=O) groups is 2. The molecular weight excluding hydrogens is 250 g/mol. The normalized spacial score (nSPS) is 26.2. The van der Waals surface area contributed by atoms with Crippen molar-refractivity contribution in [1.29, 1.82) is 0 Å². The molecule has 7 nitrogen and oxygen atoms in total. The molecule has 102 valence electrons. The van der Waals surface area contributed by atoms with Crippen LogP contribution < -0.4 is 0 Å². The van der Waals surface area contributed by atoms with Crippen molar-refractivity contribution in [3.8, 4) is 0 Å². The Morgan fingerprint density at radius 3 is 2.84 bits per heavy atom. The van der Waals surface area contributed by atoms with Crippen LogP contribution in [0, 0.1) is 0 Å². The van der Waals surface area contributed by atoms with Crippen LogP contribution in [0.3, 0.4) is 0 Å². The van der Waals surface area contributed by atoms with E-state index in [1.807, 2.05) is 10.8 Å². The first kappa shape index (κ1) is 12.2. The average molecular weight is 265 g/mol. The van der Waals surface area contributed by atoms with Gasteiger partial charge in [0.1, 0.15) is 11.9 Å². The Bertz CT molecular complexity index is 513. The van der Waals surface area contributed by atoms with Crippen LogP contribution in [0.5, 0.6) is 0 Å². The summed E-state index contributed by atoms with van der Waals surface area (Å²) >= 11 is 0. The SMILES string of the molecule is O=C(O)C1CCC(C(=O)N2CCn3ccnc3C2)O1. The van der Waals surface area contributed by atoms with Gasteiger partial charge in [0.2, 0.25) is 0 Å². The Balaban J connectivity index is 1.65. The monoisotopic (exact) mass is 265 g/mol. The number of carboxylic acids is 1. The lowest BCUT2D eigenvalue weighted by Crippen LogP contribution is -2.43. The van der Waals surface area contributed by atoms with E-state index in [0.29, 0.717) is 25.9 Å². The summed E-state index contributed by atoms with van der Waals surface area (Å²) in [4.78, 5) is 29.0. The molecule has 1 fully saturated rings. The number of hydrogen-bond donors (Lipinski definition) is 1. The second kappa shape index (κ2) is 4.65. The van der Waals surface area contributed by atoms with Crippen LogP contribution >= 0.6 is 0 Å². The molecule has 2 aliphatic heterocycles. The van der Waals surface area contributed by atoms with Crippen LogP contribution in [0.4, 0.5) is 0 Å². The number of ether oxygens (including phenoxy) is 1. The Morgan fingerprint density at radius 2 is 2.11 bits per heavy atom. The highest BCUT2D eigenvalue weighted by molar-refractivity contribution is 5.82. The molecule has 0 bridgehead atoms. The summed E-state index contributed by atoms with van der Waals surface area (Å²) in [7, 11) is 0. The molecule has 0 saturated carbocycles. The van der Waals surface area contributed by atoms with Crippen LogP contribution in [0.15, 0.2) is 12.4 Å². The number of fused-ring (bicyclic) bond motifs is 1. The summed E-state index contributed by atoms with van der Waals surface area (Å²) in [6, 6.07) is 0. The molecule has 2 aliphatic rings. The fraction of sp³-hybridized carbons (Fsp3) is 0.583. The number of amides is 1. The highest BCUT2D eigenvalue weighted by Gasteiger charge is 2.37. The third-order valence-corrected chi connectivity index (χ3v) is 3.63. The minimum Gasteiger partial charge on any atom is -0.479 e. The molecule has 3 heterocycles. The molecule has 1 saturated heterocycles. The van der Waals surface area contributed by atoms with E-state index in [0.717, 1.165) is 12.4 Å². The number of carboxylic acid groups (broad SMARTS) is 1. The van der Waals surface area contributed by atoms with Crippen LogP contribution in [0.2, 0.25) is 0 Å². The van der Waals surface area contributed by atoms with Crippen molar-refractivity contribution in [2.45, 2.75) is 38.1 Å². The topological polar surface area (TPSA) is 84.7 Å². The molecule has 1 aromatic rings. The van der Waals surface area contributed by atoms with Gasteiger partial charge in [-0.25, -0.2) is 9.78 Å². The van der Waals surface area contributed by atoms with Crippen molar-refractivity contribution in [2.75, 3.05) is 6.54 Å². The van der Waals surface area contributed by atoms with Crippen molar-refractivity contribution in [2.24, 2.45) is 0 Å². The Morgan fingerprint density at radius 1 is 1.32 bits per heavy atom. The molecule has 1 amide bonds. The van der Waals surface area contributed by atoms with Crippen LogP contribution in [0.25, 0.3) is 0 Å². The minimum absolute atomic E-state index is 0.127. The Kier molecular flexibility index (Phi) is 2.98. The van der Waals surface area contributed by atoms with Gasteiger partial charge in [0.15, 0.2) is 6.10 Å². The molecular formula is C12H15N3O4. The summed E-state index contributed by atoms with van der Waals surface area (Å²) < 4.78 is 7.30. The highest BCUT2D eigenvalue weighted by atomic mass is 16.5. The average Bonchev–Trinajstić information content (AvgIpc) is 3.06. The first-order chi connectivity index (χ1) is 9.15. The van der Waals surface area contributed by atoms with E-state index < -0.39 is 18.2 Å². The molecule has 1 aromatic heterocycles. The van der Waals surface area contributed by atoms with E-state index in [1.165, 1.54) is 0 Å². The highest BCUT2D eigenvalue weighted by Crippen LogP contribution is 2.23. The lowest BCUT2D eigenvalue weighted by Gasteiger charge is -2.29. The molecule has 3 rings (SSSR count). The van der Waals surface area contributed by atoms with Crippen molar-refractivity contribution in [1.82, 2.24) is 14.5 Å². The number of rotatable bonds is 2. The van der Waals surface area contributed by atoms with Gasteiger partial charge >= 0.3 is 5.97 Å². The van der Waals surface area contributed by atoms with Gasteiger partial charge < -0.3 is 19.3 Å². The summed E-state index contributed by atoms with van der Waals surface area (Å²) in [6.07, 6.45) is 3.01. The number of hydrogen-bond acceptors (Lipinski definition) is 4. The van der Waals surface area contributed by atoms with E-state index in [-0.39, 0.29) is 5.91 Å². The predicted molar refractivity (Wildman–Crippen MR) is 63.2 cm³/mol. The molecule has 1 N–H and O–H groups in total. The molecule has 0 spiro atoms. The largest absolute Gasteiger partial charge is 0.479 e. The first-order valence-electron chi connectivity index (χ1n) is 6.32. The maximum atomic E-state index is 12.3. The summed E-state index contributed by atoms with van der Waals surface area (Å²) in [6.45, 7) is 1.79. The lowest BCUT2D eigenvalue weighted by molar-refractivity contribution is -0.155. The van der Waals surface area contributed by atoms with Gasteiger partial charge in [-0.3, -0.25) is 4.79 Å². The van der Waals surface area contributed by atoms with Gasteiger partial charge in [-0.1, -0.05) is 0 Å². The van der Waals surface area contributed by atoms with E-state index >= 15 is 0 Å². The fourth-order valence-corrected chi connectivity index (χ4v) is 2.57. The molecule has 2 unspecified atom stereocenters. The van der Waals surface area contributed by atoms with E-state index in [4.69, 9.17) is 9.84 Å². The van der Waals surface area contributed by atoms with Crippen molar-refractivity contribution in [3.05, 3.63) is 18.2 Å². The van der Waals surface area contributed by atoms with Gasteiger partial charge in [0, 0.05) is 25.5 Å². The van der Waals surface area contributed by atoms with Gasteiger partial charge in [-0.05, 0) is 12.8 Å². The minimum atomic E-state index is -0.996. The van der Waals surface area contributed by atoms with E-state index in [9.17, 15) is 9.59 Å². The molecule has 19 heavy (non-hydrogen) atoms. The van der Waals surface area contributed by atoms with Crippen LogP contribution in [-0.4, -0.2) is 50.2 Å². The molecule has 0 radical (unpaired) electrons. The maximum absolute atomic E-state index is 12.3. The van der Waals surface area contributed by atoms with E-state index in [1.54, 1.807) is 11.1 Å². The Hall–Kier alpha value is -1.89. The number of aliphatic carboxylic acids is 1. The Labute approximate surface area is 109 Å². The number of nitrogens with zero attached hydrogens (tertiary/aromatic N) is 3. The zero-order valence-corrected chi connectivity index (χ0v) is 10.4. The second-order valence-electron chi connectivity index (χ2n) is 4.83. The second-order valence-corrected chi connectivity index (χ2v) is 4.83. The van der Waals surface area contributed by atoms with Crippen molar-refractivity contribution < 1.29 is 19.4 Å². The zero-order valence-electron chi connectivity index (χ0n) is 10.4. The van der Waals surface area contributed by atoms with Crippen LogP contribution in [-0.2, 0) is 27.4 Å². The standard InChI is InChI=1S/C12H15N3O4/c16-11(8-1-2-9(19-8)12(17)18)15-6-5-14-4-3-13-10(14)7-15/h3-4,8-9H,1-2,5-7H2,(H,17,18). The number of imidazole rings is 1. The zero-order chi connectivity index (χ0) is 13.4. The van der Waals surface area contributed by atoms with Gasteiger partial charge in [-0.2, -0.15) is 0 Å². The van der Waals surface area contributed by atoms with Gasteiger partial charge in [-0.15, -0.1) is 0 Å². The third kappa shape index (κ3) is 2.21. The van der Waals surface area contributed by atoms with Crippen molar-refractivity contribution in [3.63, 3.8) is 0 Å². The van der Waals surface area contributed by atoms with Gasteiger partial charge in [0.25, 0.3) is 5.91 Å². The smallest absolute Gasteiger partial charge is 0.332 e. The third-order valence-electron chi connectivity index (χ3n) is 3.63. The molecule has 0 aromatic carbocycles. The van der Waals surface area contributed by atoms with E-state index in [2.05, 4.69) is 4.98 Å². The quantitative estimate of drug-likeness (QED) is 0.804. The van der Waals surface area contributed by atoms with Crippen LogP contribution in [0.1, 0.15) is 18.7 Å². The molecule has 2 atom stereocenters. The summed E-state index contributed by atoms with van der Waals surface area (Å²) in [5, 5.41) is 8.86. The number of carbonyl (C=O) groups excluding carboxylic acids is 1. The molecule has 0 aliphatic carbocycles. The fourth-order valence-electron chi connectivity index (χ4n) is 2.57. The maximum Gasteiger partial charge on any atom is 0.332 e. The van der Waals surface area contributed by atoms with Crippen molar-refractivity contribution >= 4 is 11.9 Å². The predicted octanol–water partition coefficient (Wildman–Crippen LogP) is -0.143. The summed E-state index contributed by atoms with van der Waals surface area (Å²) in [5.74, 6) is -0.269. The number of aromatic nitrogens is 2. The molecule has 7 heteroatoms. The van der Waals surface area contributed by atoms with Gasteiger partial charge in [0.05, 0.1) is 6.54 Å².